The maximum atomic E-state index is 13.5. The van der Waals surface area contributed by atoms with Crippen molar-refractivity contribution in [2.45, 2.75) is 0 Å². The summed E-state index contributed by atoms with van der Waals surface area (Å²) in [5, 5.41) is 5.50. The molecule has 0 radical (unpaired) electrons. The highest BCUT2D eigenvalue weighted by atomic mass is 32.1. The van der Waals surface area contributed by atoms with Crippen molar-refractivity contribution in [2.75, 3.05) is 5.32 Å². The third-order valence-electron chi connectivity index (χ3n) is 2.94. The lowest BCUT2D eigenvalue weighted by atomic mass is 10.1. The number of thiazole rings is 1. The number of rotatable bonds is 3. The molecule has 0 atom stereocenters. The van der Waals surface area contributed by atoms with Gasteiger partial charge in [0, 0.05) is 22.8 Å². The molecule has 0 saturated carbocycles. The minimum Gasteiger partial charge on any atom is -0.322 e. The Morgan fingerprint density at radius 3 is 2.52 bits per heavy atom. The van der Waals surface area contributed by atoms with Crippen molar-refractivity contribution in [1.29, 1.82) is 0 Å². The van der Waals surface area contributed by atoms with Crippen LogP contribution in [0.25, 0.3) is 10.6 Å². The highest BCUT2D eigenvalue weighted by molar-refractivity contribution is 7.13. The summed E-state index contributed by atoms with van der Waals surface area (Å²) >= 11 is 1.55. The first-order valence-corrected chi connectivity index (χ1v) is 7.18. The van der Waals surface area contributed by atoms with Crippen molar-refractivity contribution in [3.8, 4) is 10.6 Å². The average Bonchev–Trinajstić information content (AvgIpc) is 3.02. The SMILES string of the molecule is O=C(Nc1ccc(-c2nccs2)cc1)c1ccccc1F. The molecule has 3 nitrogen and oxygen atoms in total. The zero-order valence-electron chi connectivity index (χ0n) is 10.9. The largest absolute Gasteiger partial charge is 0.322 e. The average molecular weight is 298 g/mol. The smallest absolute Gasteiger partial charge is 0.258 e. The number of carbonyl (C=O) groups is 1. The predicted molar refractivity (Wildman–Crippen MR) is 81.9 cm³/mol. The van der Waals surface area contributed by atoms with Crippen molar-refractivity contribution < 1.29 is 9.18 Å². The van der Waals surface area contributed by atoms with Gasteiger partial charge in [0.05, 0.1) is 5.56 Å². The van der Waals surface area contributed by atoms with Crippen molar-refractivity contribution in [3.63, 3.8) is 0 Å². The van der Waals surface area contributed by atoms with Crippen LogP contribution in [0.1, 0.15) is 10.4 Å². The molecule has 3 rings (SSSR count). The van der Waals surface area contributed by atoms with E-state index in [-0.39, 0.29) is 5.56 Å². The molecule has 2 aromatic carbocycles. The number of nitrogens with one attached hydrogen (secondary N) is 1. The summed E-state index contributed by atoms with van der Waals surface area (Å²) in [5.74, 6) is -0.996. The Morgan fingerprint density at radius 2 is 1.86 bits per heavy atom. The van der Waals surface area contributed by atoms with Gasteiger partial charge in [0.2, 0.25) is 0 Å². The molecular formula is C16H11FN2OS. The lowest BCUT2D eigenvalue weighted by Crippen LogP contribution is -2.13. The van der Waals surface area contributed by atoms with Gasteiger partial charge >= 0.3 is 0 Å². The number of aromatic nitrogens is 1. The highest BCUT2D eigenvalue weighted by Gasteiger charge is 2.11. The van der Waals surface area contributed by atoms with Gasteiger partial charge in [0.15, 0.2) is 0 Å². The number of hydrogen-bond donors (Lipinski definition) is 1. The predicted octanol–water partition coefficient (Wildman–Crippen LogP) is 4.20. The van der Waals surface area contributed by atoms with Crippen LogP contribution in [0.5, 0.6) is 0 Å². The molecule has 0 aliphatic rings. The van der Waals surface area contributed by atoms with Crippen LogP contribution in [0.2, 0.25) is 0 Å². The van der Waals surface area contributed by atoms with E-state index < -0.39 is 11.7 Å². The molecule has 0 saturated heterocycles. The maximum absolute atomic E-state index is 13.5. The van der Waals surface area contributed by atoms with E-state index in [1.165, 1.54) is 12.1 Å². The van der Waals surface area contributed by atoms with Gasteiger partial charge in [-0.25, -0.2) is 9.37 Å². The van der Waals surface area contributed by atoms with E-state index in [9.17, 15) is 9.18 Å². The first-order valence-electron chi connectivity index (χ1n) is 6.30. The molecule has 0 spiro atoms. The summed E-state index contributed by atoms with van der Waals surface area (Å²) in [4.78, 5) is 16.2. The van der Waals surface area contributed by atoms with Gasteiger partial charge in [-0.15, -0.1) is 11.3 Å². The van der Waals surface area contributed by atoms with Gasteiger partial charge in [-0.2, -0.15) is 0 Å². The summed E-state index contributed by atoms with van der Waals surface area (Å²) in [7, 11) is 0. The molecule has 3 aromatic rings. The topological polar surface area (TPSA) is 42.0 Å². The number of benzene rings is 2. The monoisotopic (exact) mass is 298 g/mol. The molecule has 1 aromatic heterocycles. The van der Waals surface area contributed by atoms with E-state index in [0.29, 0.717) is 5.69 Å². The van der Waals surface area contributed by atoms with Crippen LogP contribution in [-0.2, 0) is 0 Å². The minimum atomic E-state index is -0.533. The van der Waals surface area contributed by atoms with Gasteiger partial charge in [0.1, 0.15) is 10.8 Å². The third kappa shape index (κ3) is 2.98. The van der Waals surface area contributed by atoms with E-state index >= 15 is 0 Å². The van der Waals surface area contributed by atoms with Crippen molar-refractivity contribution >= 4 is 22.9 Å². The first-order chi connectivity index (χ1) is 10.2. The molecule has 1 N–H and O–H groups in total. The quantitative estimate of drug-likeness (QED) is 0.787. The summed E-state index contributed by atoms with van der Waals surface area (Å²) < 4.78 is 13.5. The molecule has 5 heteroatoms. The Bertz CT molecular complexity index is 754. The Morgan fingerprint density at radius 1 is 1.10 bits per heavy atom. The van der Waals surface area contributed by atoms with Gasteiger partial charge in [-0.3, -0.25) is 4.79 Å². The molecule has 1 amide bonds. The number of nitrogens with zero attached hydrogens (tertiary/aromatic N) is 1. The van der Waals surface area contributed by atoms with Crippen molar-refractivity contribution in [1.82, 2.24) is 4.98 Å². The second-order valence-electron chi connectivity index (χ2n) is 4.35. The molecule has 0 bridgehead atoms. The highest BCUT2D eigenvalue weighted by Crippen LogP contribution is 2.23. The van der Waals surface area contributed by atoms with E-state index in [1.54, 1.807) is 41.8 Å². The number of amides is 1. The molecule has 0 fully saturated rings. The van der Waals surface area contributed by atoms with Crippen LogP contribution in [-0.4, -0.2) is 10.9 Å². The fraction of sp³-hybridized carbons (Fsp3) is 0. The van der Waals surface area contributed by atoms with Crippen LogP contribution in [0, 0.1) is 5.82 Å². The Balaban J connectivity index is 1.77. The minimum absolute atomic E-state index is 0.0292. The lowest BCUT2D eigenvalue weighted by molar-refractivity contribution is 0.102. The number of carbonyl (C=O) groups excluding carboxylic acids is 1. The van der Waals surface area contributed by atoms with Gasteiger partial charge in [0.25, 0.3) is 5.91 Å². The molecule has 1 heterocycles. The fourth-order valence-corrected chi connectivity index (χ4v) is 2.55. The van der Waals surface area contributed by atoms with Crippen molar-refractivity contribution in [2.24, 2.45) is 0 Å². The van der Waals surface area contributed by atoms with Gasteiger partial charge in [-0.1, -0.05) is 12.1 Å². The Labute approximate surface area is 125 Å². The first kappa shape index (κ1) is 13.5. The molecule has 0 aliphatic carbocycles. The summed E-state index contributed by atoms with van der Waals surface area (Å²) in [6, 6.07) is 13.2. The third-order valence-corrected chi connectivity index (χ3v) is 3.76. The second kappa shape index (κ2) is 5.85. The van der Waals surface area contributed by atoms with Crippen molar-refractivity contribution in [3.05, 3.63) is 71.5 Å². The van der Waals surface area contributed by atoms with Crippen LogP contribution in [0.4, 0.5) is 10.1 Å². The van der Waals surface area contributed by atoms with E-state index in [2.05, 4.69) is 10.3 Å². The second-order valence-corrected chi connectivity index (χ2v) is 5.24. The summed E-state index contributed by atoms with van der Waals surface area (Å²) in [6.45, 7) is 0. The van der Waals surface area contributed by atoms with Crippen LogP contribution < -0.4 is 5.32 Å². The maximum Gasteiger partial charge on any atom is 0.258 e. The Kier molecular flexibility index (Phi) is 3.75. The summed E-state index contributed by atoms with van der Waals surface area (Å²) in [5.41, 5.74) is 1.62. The fourth-order valence-electron chi connectivity index (χ4n) is 1.91. The molecule has 0 aliphatic heterocycles. The number of hydrogen-bond acceptors (Lipinski definition) is 3. The van der Waals surface area contributed by atoms with Gasteiger partial charge < -0.3 is 5.32 Å². The zero-order chi connectivity index (χ0) is 14.7. The number of halogens is 1. The van der Waals surface area contributed by atoms with E-state index in [1.807, 2.05) is 17.5 Å². The normalized spacial score (nSPS) is 10.3. The van der Waals surface area contributed by atoms with E-state index in [0.717, 1.165) is 10.6 Å². The molecule has 104 valence electrons. The molecule has 21 heavy (non-hydrogen) atoms. The zero-order valence-corrected chi connectivity index (χ0v) is 11.7. The Hall–Kier alpha value is -2.53. The van der Waals surface area contributed by atoms with E-state index in [4.69, 9.17) is 0 Å². The standard InChI is InChI=1S/C16H11FN2OS/c17-14-4-2-1-3-13(14)15(20)19-12-7-5-11(6-8-12)16-18-9-10-21-16/h1-10H,(H,19,20). The van der Waals surface area contributed by atoms with Crippen LogP contribution in [0.15, 0.2) is 60.1 Å². The molecular weight excluding hydrogens is 287 g/mol. The van der Waals surface area contributed by atoms with Gasteiger partial charge in [-0.05, 0) is 36.4 Å². The van der Waals surface area contributed by atoms with Crippen LogP contribution in [0.3, 0.4) is 0 Å². The summed E-state index contributed by atoms with van der Waals surface area (Å²) in [6.07, 6.45) is 1.74. The molecule has 0 unspecified atom stereocenters. The van der Waals surface area contributed by atoms with Crippen LogP contribution >= 0.6 is 11.3 Å². The number of anilines is 1. The lowest BCUT2D eigenvalue weighted by Gasteiger charge is -2.06.